The Morgan fingerprint density at radius 2 is 2.04 bits per heavy atom. The van der Waals surface area contributed by atoms with Crippen molar-refractivity contribution in [1.82, 2.24) is 0 Å². The third-order valence-corrected chi connectivity index (χ3v) is 5.98. The standard InChI is InChI=1S/C18H30O4S/c1-2-3-10-21-13-15-14(16-7-8-17(15)22-16)9-12-23-11-5-4-6-18(19)20/h2-3,14-17H,4-13H2,1H3,(H,19,20)/t14-,15+,16-,17+/m1/s1. The summed E-state index contributed by atoms with van der Waals surface area (Å²) in [5.74, 6) is 2.74. The van der Waals surface area contributed by atoms with E-state index in [1.165, 1.54) is 19.3 Å². The Bertz CT molecular complexity index is 385. The number of thioether (sulfide) groups is 1. The van der Waals surface area contributed by atoms with Crippen LogP contribution in [0.3, 0.4) is 0 Å². The molecule has 0 aromatic heterocycles. The molecule has 2 fully saturated rings. The minimum atomic E-state index is -0.685. The molecule has 0 aromatic carbocycles. The van der Waals surface area contributed by atoms with Crippen molar-refractivity contribution >= 4 is 17.7 Å². The van der Waals surface area contributed by atoms with Gasteiger partial charge in [0, 0.05) is 12.3 Å². The zero-order valence-corrected chi connectivity index (χ0v) is 14.9. The molecule has 2 saturated heterocycles. The van der Waals surface area contributed by atoms with Crippen LogP contribution in [0.4, 0.5) is 0 Å². The Labute approximate surface area is 144 Å². The average Bonchev–Trinajstić information content (AvgIpc) is 3.12. The van der Waals surface area contributed by atoms with Crippen LogP contribution < -0.4 is 0 Å². The van der Waals surface area contributed by atoms with Crippen LogP contribution in [0.5, 0.6) is 0 Å². The molecular formula is C18H30O4S. The third-order valence-electron chi connectivity index (χ3n) is 4.88. The number of carboxylic acid groups (broad SMARTS) is 1. The minimum absolute atomic E-state index is 0.298. The summed E-state index contributed by atoms with van der Waals surface area (Å²) in [5, 5.41) is 8.62. The third kappa shape index (κ3) is 6.12. The van der Waals surface area contributed by atoms with Gasteiger partial charge in [-0.15, -0.1) is 0 Å². The average molecular weight is 343 g/mol. The molecule has 23 heavy (non-hydrogen) atoms. The zero-order valence-electron chi connectivity index (χ0n) is 14.1. The molecule has 4 atom stereocenters. The molecule has 5 heteroatoms. The largest absolute Gasteiger partial charge is 0.481 e. The molecule has 0 aliphatic carbocycles. The molecule has 0 aromatic rings. The molecule has 0 radical (unpaired) electrons. The van der Waals surface area contributed by atoms with Crippen molar-refractivity contribution < 1.29 is 19.4 Å². The lowest BCUT2D eigenvalue weighted by Gasteiger charge is -2.27. The first-order chi connectivity index (χ1) is 11.2. The van der Waals surface area contributed by atoms with Crippen LogP contribution in [-0.2, 0) is 14.3 Å². The molecule has 0 spiro atoms. The van der Waals surface area contributed by atoms with Crippen molar-refractivity contribution in [2.75, 3.05) is 24.7 Å². The van der Waals surface area contributed by atoms with Crippen molar-refractivity contribution in [2.24, 2.45) is 11.8 Å². The predicted molar refractivity (Wildman–Crippen MR) is 93.9 cm³/mol. The normalized spacial score (nSPS) is 29.6. The van der Waals surface area contributed by atoms with Crippen molar-refractivity contribution in [3.63, 3.8) is 0 Å². The van der Waals surface area contributed by atoms with Gasteiger partial charge >= 0.3 is 5.97 Å². The number of hydrogen-bond donors (Lipinski definition) is 1. The van der Waals surface area contributed by atoms with Gasteiger partial charge in [0.15, 0.2) is 0 Å². The van der Waals surface area contributed by atoms with Crippen LogP contribution in [0.2, 0.25) is 0 Å². The summed E-state index contributed by atoms with van der Waals surface area (Å²) in [6, 6.07) is 0. The second-order valence-corrected chi connectivity index (χ2v) is 7.70. The van der Waals surface area contributed by atoms with Crippen LogP contribution in [0, 0.1) is 11.8 Å². The lowest BCUT2D eigenvalue weighted by Crippen LogP contribution is -2.31. The maximum absolute atomic E-state index is 10.5. The van der Waals surface area contributed by atoms with Crippen molar-refractivity contribution in [3.05, 3.63) is 12.2 Å². The number of unbranched alkanes of at least 4 members (excludes halogenated alkanes) is 1. The summed E-state index contributed by atoms with van der Waals surface area (Å²) in [4.78, 5) is 10.5. The molecular weight excluding hydrogens is 312 g/mol. The molecule has 2 aliphatic heterocycles. The van der Waals surface area contributed by atoms with Gasteiger partial charge in [0.05, 0.1) is 25.4 Å². The first kappa shape index (κ1) is 18.8. The van der Waals surface area contributed by atoms with Gasteiger partial charge in [0.1, 0.15) is 0 Å². The van der Waals surface area contributed by atoms with E-state index < -0.39 is 5.97 Å². The van der Waals surface area contributed by atoms with Gasteiger partial charge in [-0.2, -0.15) is 11.8 Å². The number of rotatable bonds is 12. The molecule has 0 unspecified atom stereocenters. The summed E-state index contributed by atoms with van der Waals surface area (Å²) < 4.78 is 11.9. The number of carbonyl (C=O) groups is 1. The highest BCUT2D eigenvalue weighted by Gasteiger charge is 2.48. The topological polar surface area (TPSA) is 55.8 Å². The lowest BCUT2D eigenvalue weighted by atomic mass is 9.78. The molecule has 1 N–H and O–H groups in total. The van der Waals surface area contributed by atoms with Crippen LogP contribution in [0.15, 0.2) is 12.2 Å². The summed E-state index contributed by atoms with van der Waals surface area (Å²) >= 11 is 1.95. The highest BCUT2D eigenvalue weighted by Crippen LogP contribution is 2.45. The molecule has 2 bridgehead atoms. The van der Waals surface area contributed by atoms with E-state index in [2.05, 4.69) is 6.08 Å². The highest BCUT2D eigenvalue weighted by atomic mass is 32.2. The van der Waals surface area contributed by atoms with E-state index in [9.17, 15) is 4.79 Å². The van der Waals surface area contributed by atoms with E-state index >= 15 is 0 Å². The molecule has 2 rings (SSSR count). The predicted octanol–water partition coefficient (Wildman–Crippen LogP) is 3.75. The highest BCUT2D eigenvalue weighted by molar-refractivity contribution is 7.99. The van der Waals surface area contributed by atoms with Gasteiger partial charge in [-0.3, -0.25) is 4.79 Å². The van der Waals surface area contributed by atoms with Gasteiger partial charge in [-0.25, -0.2) is 0 Å². The van der Waals surface area contributed by atoms with Crippen LogP contribution in [0.1, 0.15) is 45.4 Å². The van der Waals surface area contributed by atoms with Gasteiger partial charge in [-0.1, -0.05) is 12.2 Å². The maximum Gasteiger partial charge on any atom is 0.303 e. The monoisotopic (exact) mass is 342 g/mol. The number of hydrogen-bond acceptors (Lipinski definition) is 4. The first-order valence-electron chi connectivity index (χ1n) is 8.86. The molecule has 4 nitrogen and oxygen atoms in total. The van der Waals surface area contributed by atoms with Gasteiger partial charge < -0.3 is 14.6 Å². The summed E-state index contributed by atoms with van der Waals surface area (Å²) in [6.45, 7) is 3.54. The number of fused-ring (bicyclic) bond motifs is 2. The van der Waals surface area contributed by atoms with E-state index in [0.29, 0.717) is 37.1 Å². The minimum Gasteiger partial charge on any atom is -0.481 e. The van der Waals surface area contributed by atoms with Gasteiger partial charge in [0.2, 0.25) is 0 Å². The zero-order chi connectivity index (χ0) is 16.5. The van der Waals surface area contributed by atoms with Crippen molar-refractivity contribution in [2.45, 2.75) is 57.7 Å². The van der Waals surface area contributed by atoms with E-state index in [4.69, 9.17) is 14.6 Å². The van der Waals surface area contributed by atoms with E-state index in [-0.39, 0.29) is 0 Å². The second kappa shape index (κ2) is 10.4. The molecule has 0 amide bonds. The number of ether oxygens (including phenoxy) is 2. The molecule has 2 heterocycles. The SMILES string of the molecule is CC=CCOC[C@H]1[C@@H](CCSCCCCC(=O)O)[C@H]2CC[C@@H]1O2. The fourth-order valence-electron chi connectivity index (χ4n) is 3.67. The smallest absolute Gasteiger partial charge is 0.303 e. The van der Waals surface area contributed by atoms with E-state index in [1.807, 2.05) is 24.8 Å². The fourth-order valence-corrected chi connectivity index (χ4v) is 4.72. The lowest BCUT2D eigenvalue weighted by molar-refractivity contribution is -0.137. The first-order valence-corrected chi connectivity index (χ1v) is 10.0. The quantitative estimate of drug-likeness (QED) is 0.432. The number of carboxylic acids is 1. The van der Waals surface area contributed by atoms with E-state index in [1.54, 1.807) is 0 Å². The van der Waals surface area contributed by atoms with Crippen LogP contribution in [0.25, 0.3) is 0 Å². The Morgan fingerprint density at radius 1 is 1.26 bits per heavy atom. The Hall–Kier alpha value is -0.520. The molecule has 0 saturated carbocycles. The van der Waals surface area contributed by atoms with Crippen LogP contribution >= 0.6 is 11.8 Å². The number of allylic oxidation sites excluding steroid dienone is 1. The molecule has 132 valence electrons. The van der Waals surface area contributed by atoms with Gasteiger partial charge in [0.25, 0.3) is 0 Å². The van der Waals surface area contributed by atoms with Crippen LogP contribution in [-0.4, -0.2) is 48.0 Å². The second-order valence-electron chi connectivity index (χ2n) is 6.48. The van der Waals surface area contributed by atoms with E-state index in [0.717, 1.165) is 31.0 Å². The summed E-state index contributed by atoms with van der Waals surface area (Å²) in [5.41, 5.74) is 0. The Balaban J connectivity index is 1.61. The van der Waals surface area contributed by atoms with Crippen molar-refractivity contribution in [3.8, 4) is 0 Å². The summed E-state index contributed by atoms with van der Waals surface area (Å²) in [7, 11) is 0. The molecule has 2 aliphatic rings. The maximum atomic E-state index is 10.5. The Morgan fingerprint density at radius 3 is 2.78 bits per heavy atom. The Kier molecular flexibility index (Phi) is 8.48. The number of aliphatic carboxylic acids is 1. The fraction of sp³-hybridized carbons (Fsp3) is 0.833. The summed E-state index contributed by atoms with van der Waals surface area (Å²) in [6.07, 6.45) is 10.6. The van der Waals surface area contributed by atoms with Crippen molar-refractivity contribution in [1.29, 1.82) is 0 Å². The van der Waals surface area contributed by atoms with Gasteiger partial charge in [-0.05, 0) is 56.5 Å².